The molecule has 0 spiro atoms. The first-order valence-corrected chi connectivity index (χ1v) is 8.87. The first-order chi connectivity index (χ1) is 11.7. The lowest BCUT2D eigenvalue weighted by Gasteiger charge is -2.19. The van der Waals surface area contributed by atoms with Crippen molar-refractivity contribution in [1.29, 1.82) is 0 Å². The van der Waals surface area contributed by atoms with Crippen molar-refractivity contribution in [3.05, 3.63) is 48.0 Å². The molecule has 0 heterocycles. The van der Waals surface area contributed by atoms with E-state index >= 15 is 0 Å². The van der Waals surface area contributed by atoms with Gasteiger partial charge in [-0.3, -0.25) is 0 Å². The van der Waals surface area contributed by atoms with Gasteiger partial charge in [0, 0.05) is 7.11 Å². The van der Waals surface area contributed by atoms with Crippen LogP contribution in [0.4, 0.5) is 0 Å². The molecule has 0 N–H and O–H groups in total. The van der Waals surface area contributed by atoms with Crippen LogP contribution in [-0.4, -0.2) is 19.2 Å². The topological polar surface area (TPSA) is 35.5 Å². The van der Waals surface area contributed by atoms with Crippen LogP contribution in [-0.2, 0) is 14.3 Å². The fourth-order valence-corrected chi connectivity index (χ4v) is 2.92. The van der Waals surface area contributed by atoms with Crippen LogP contribution in [0.1, 0.15) is 57.6 Å². The molecule has 0 amide bonds. The number of hydrogen-bond donors (Lipinski definition) is 0. The molecule has 0 radical (unpaired) electrons. The van der Waals surface area contributed by atoms with E-state index in [0.717, 1.165) is 29.2 Å². The van der Waals surface area contributed by atoms with Gasteiger partial charge < -0.3 is 9.47 Å². The van der Waals surface area contributed by atoms with Crippen LogP contribution in [0.3, 0.4) is 0 Å². The summed E-state index contributed by atoms with van der Waals surface area (Å²) in [5.41, 5.74) is 0.833. The van der Waals surface area contributed by atoms with Crippen LogP contribution < -0.4 is 0 Å². The summed E-state index contributed by atoms with van der Waals surface area (Å²) >= 11 is 0. The highest BCUT2D eigenvalue weighted by atomic mass is 16.6. The number of carbonyl (C=O) groups excluding carboxylic acids is 1. The zero-order chi connectivity index (χ0) is 17.4. The Morgan fingerprint density at radius 3 is 2.50 bits per heavy atom. The molecule has 0 aromatic heterocycles. The summed E-state index contributed by atoms with van der Waals surface area (Å²) in [5.74, 6) is -0.309. The van der Waals surface area contributed by atoms with Gasteiger partial charge in [0.1, 0.15) is 0 Å². The summed E-state index contributed by atoms with van der Waals surface area (Å²) in [6, 6.07) is 14.0. The van der Waals surface area contributed by atoms with Crippen molar-refractivity contribution in [3.63, 3.8) is 0 Å². The number of fused-ring (bicyclic) bond motifs is 1. The quantitative estimate of drug-likeness (QED) is 0.455. The van der Waals surface area contributed by atoms with E-state index in [1.807, 2.05) is 43.3 Å². The molecule has 2 rings (SSSR count). The number of unbranched alkanes of at least 4 members (excludes halogenated alkanes) is 3. The van der Waals surface area contributed by atoms with Gasteiger partial charge in [0.05, 0.1) is 6.10 Å². The van der Waals surface area contributed by atoms with Gasteiger partial charge in [0.15, 0.2) is 6.10 Å². The Balaban J connectivity index is 1.99. The van der Waals surface area contributed by atoms with Crippen molar-refractivity contribution in [1.82, 2.24) is 0 Å². The highest BCUT2D eigenvalue weighted by Crippen LogP contribution is 2.24. The Morgan fingerprint density at radius 1 is 1.04 bits per heavy atom. The molecule has 3 nitrogen and oxygen atoms in total. The molecule has 0 saturated carbocycles. The zero-order valence-corrected chi connectivity index (χ0v) is 15.0. The van der Waals surface area contributed by atoms with E-state index in [0.29, 0.717) is 0 Å². The average Bonchev–Trinajstić information content (AvgIpc) is 2.59. The first-order valence-electron chi connectivity index (χ1n) is 8.87. The smallest absolute Gasteiger partial charge is 0.340 e. The summed E-state index contributed by atoms with van der Waals surface area (Å²) in [7, 11) is 1.55. The van der Waals surface area contributed by atoms with E-state index in [4.69, 9.17) is 9.47 Å². The number of carbonyl (C=O) groups is 1. The summed E-state index contributed by atoms with van der Waals surface area (Å²) in [6.45, 7) is 4.15. The van der Waals surface area contributed by atoms with Gasteiger partial charge in [-0.05, 0) is 42.2 Å². The van der Waals surface area contributed by atoms with Crippen LogP contribution in [0.5, 0.6) is 0 Å². The van der Waals surface area contributed by atoms with E-state index in [2.05, 4.69) is 13.0 Å². The molecule has 24 heavy (non-hydrogen) atoms. The van der Waals surface area contributed by atoms with E-state index < -0.39 is 6.10 Å². The van der Waals surface area contributed by atoms with E-state index in [1.54, 1.807) is 7.11 Å². The molecule has 0 fully saturated rings. The molecule has 3 heteroatoms. The zero-order valence-electron chi connectivity index (χ0n) is 15.0. The van der Waals surface area contributed by atoms with Crippen molar-refractivity contribution < 1.29 is 14.3 Å². The third kappa shape index (κ3) is 5.07. The van der Waals surface area contributed by atoms with Gasteiger partial charge >= 0.3 is 5.97 Å². The van der Waals surface area contributed by atoms with Crippen molar-refractivity contribution >= 4 is 16.7 Å². The number of esters is 1. The molecule has 2 atom stereocenters. The predicted molar refractivity (Wildman–Crippen MR) is 98.0 cm³/mol. The molecule has 0 unspecified atom stereocenters. The number of ether oxygens (including phenoxy) is 2. The summed E-state index contributed by atoms with van der Waals surface area (Å²) < 4.78 is 11.0. The lowest BCUT2D eigenvalue weighted by Crippen LogP contribution is -2.22. The minimum absolute atomic E-state index is 0.0764. The van der Waals surface area contributed by atoms with Crippen molar-refractivity contribution in [3.8, 4) is 0 Å². The van der Waals surface area contributed by atoms with Crippen LogP contribution in [0.25, 0.3) is 10.8 Å². The van der Waals surface area contributed by atoms with E-state index in [9.17, 15) is 4.79 Å². The fourth-order valence-electron chi connectivity index (χ4n) is 2.92. The van der Waals surface area contributed by atoms with Crippen LogP contribution >= 0.6 is 0 Å². The molecule has 0 bridgehead atoms. The maximum absolute atomic E-state index is 12.5. The summed E-state index contributed by atoms with van der Waals surface area (Å²) in [4.78, 5) is 12.5. The Labute approximate surface area is 145 Å². The standard InChI is InChI=1S/C21H28O3/c1-4-5-6-7-10-16(2)24-21(22)20(23-3)19-14-13-17-11-8-9-12-18(17)15-19/h8-9,11-16,20H,4-7,10H2,1-3H3/t16-,20-/m1/s1. The molecule has 0 aliphatic rings. The maximum Gasteiger partial charge on any atom is 0.340 e. The Hall–Kier alpha value is -1.87. The second kappa shape index (κ2) is 9.43. The molecule has 0 saturated heterocycles. The Kier molecular flexibility index (Phi) is 7.26. The highest BCUT2D eigenvalue weighted by molar-refractivity contribution is 5.85. The van der Waals surface area contributed by atoms with Crippen molar-refractivity contribution in [2.45, 2.75) is 58.2 Å². The SMILES string of the molecule is CCCCCC[C@@H](C)OC(=O)[C@H](OC)c1ccc2ccccc2c1. The van der Waals surface area contributed by atoms with Gasteiger partial charge in [-0.2, -0.15) is 0 Å². The van der Waals surface area contributed by atoms with Gasteiger partial charge in [-0.15, -0.1) is 0 Å². The number of benzene rings is 2. The van der Waals surface area contributed by atoms with Crippen LogP contribution in [0.15, 0.2) is 42.5 Å². The molecule has 2 aromatic carbocycles. The number of rotatable bonds is 9. The van der Waals surface area contributed by atoms with Crippen LogP contribution in [0.2, 0.25) is 0 Å². The molecule has 0 aliphatic heterocycles. The lowest BCUT2D eigenvalue weighted by molar-refractivity contribution is -0.161. The third-order valence-electron chi connectivity index (χ3n) is 4.31. The molecule has 0 aliphatic carbocycles. The average molecular weight is 328 g/mol. The second-order valence-electron chi connectivity index (χ2n) is 6.32. The molecular formula is C21H28O3. The minimum Gasteiger partial charge on any atom is -0.460 e. The monoisotopic (exact) mass is 328 g/mol. The van der Waals surface area contributed by atoms with E-state index in [-0.39, 0.29) is 12.1 Å². The highest BCUT2D eigenvalue weighted by Gasteiger charge is 2.23. The molecule has 2 aromatic rings. The third-order valence-corrected chi connectivity index (χ3v) is 4.31. The predicted octanol–water partition coefficient (Wildman–Crippen LogP) is 5.43. The minimum atomic E-state index is -0.673. The van der Waals surface area contributed by atoms with Crippen LogP contribution in [0, 0.1) is 0 Å². The van der Waals surface area contributed by atoms with Gasteiger partial charge in [-0.25, -0.2) is 4.79 Å². The number of hydrogen-bond acceptors (Lipinski definition) is 3. The van der Waals surface area contributed by atoms with Crippen molar-refractivity contribution in [2.75, 3.05) is 7.11 Å². The molecular weight excluding hydrogens is 300 g/mol. The Bertz CT molecular complexity index is 650. The van der Waals surface area contributed by atoms with Gasteiger partial charge in [0.2, 0.25) is 0 Å². The summed E-state index contributed by atoms with van der Waals surface area (Å²) in [6.07, 6.45) is 4.88. The van der Waals surface area contributed by atoms with Gasteiger partial charge in [-0.1, -0.05) is 62.6 Å². The normalized spacial score (nSPS) is 13.6. The fraction of sp³-hybridized carbons (Fsp3) is 0.476. The van der Waals surface area contributed by atoms with Gasteiger partial charge in [0.25, 0.3) is 0 Å². The first kappa shape index (κ1) is 18.5. The summed E-state index contributed by atoms with van der Waals surface area (Å²) in [5, 5.41) is 2.24. The number of methoxy groups -OCH3 is 1. The molecule has 130 valence electrons. The Morgan fingerprint density at radius 2 is 1.79 bits per heavy atom. The lowest BCUT2D eigenvalue weighted by atomic mass is 10.0. The van der Waals surface area contributed by atoms with Crippen molar-refractivity contribution in [2.24, 2.45) is 0 Å². The maximum atomic E-state index is 12.5. The second-order valence-corrected chi connectivity index (χ2v) is 6.32. The largest absolute Gasteiger partial charge is 0.460 e. The van der Waals surface area contributed by atoms with E-state index in [1.165, 1.54) is 19.3 Å².